The normalized spacial score (nSPS) is 19.5. The van der Waals surface area contributed by atoms with E-state index in [0.717, 1.165) is 6.42 Å². The molecule has 14 heavy (non-hydrogen) atoms. The molecular weight excluding hydrogens is 180 g/mol. The zero-order valence-corrected chi connectivity index (χ0v) is 9.04. The summed E-state index contributed by atoms with van der Waals surface area (Å²) < 4.78 is 5.37. The molecule has 0 saturated carbocycles. The monoisotopic (exact) mass is 198 g/mol. The van der Waals surface area contributed by atoms with Gasteiger partial charge in [-0.3, -0.25) is 9.79 Å². The van der Waals surface area contributed by atoms with E-state index in [0.29, 0.717) is 25.0 Å². The van der Waals surface area contributed by atoms with Crippen LogP contribution in [0.5, 0.6) is 0 Å². The Bertz CT molecular complexity index is 238. The summed E-state index contributed by atoms with van der Waals surface area (Å²) in [6, 6.07) is -0.0556. The molecular formula is C10H18N2O2. The van der Waals surface area contributed by atoms with E-state index in [1.807, 2.05) is 0 Å². The van der Waals surface area contributed by atoms with Crippen molar-refractivity contribution in [3.63, 3.8) is 0 Å². The van der Waals surface area contributed by atoms with Crippen molar-refractivity contribution in [3.8, 4) is 0 Å². The Kier molecular flexibility index (Phi) is 3.92. The maximum atomic E-state index is 11.0. The van der Waals surface area contributed by atoms with Crippen LogP contribution in [0.25, 0.3) is 0 Å². The molecule has 4 heteroatoms. The van der Waals surface area contributed by atoms with Gasteiger partial charge in [-0.25, -0.2) is 0 Å². The molecule has 0 aromatic heterocycles. The molecule has 0 aliphatic carbocycles. The molecule has 1 amide bonds. The Morgan fingerprint density at radius 2 is 2.43 bits per heavy atom. The van der Waals surface area contributed by atoms with Crippen LogP contribution in [0.3, 0.4) is 0 Å². The summed E-state index contributed by atoms with van der Waals surface area (Å²) in [7, 11) is 0. The predicted octanol–water partition coefficient (Wildman–Crippen LogP) is 0.966. The molecule has 0 fully saturated rings. The first-order valence-corrected chi connectivity index (χ1v) is 5.09. The van der Waals surface area contributed by atoms with Crippen LogP contribution in [-0.2, 0) is 9.53 Å². The first kappa shape index (κ1) is 11.0. The fraction of sp³-hybridized carbons (Fsp3) is 0.800. The van der Waals surface area contributed by atoms with Gasteiger partial charge in [0.1, 0.15) is 12.6 Å². The maximum absolute atomic E-state index is 11.0. The molecule has 4 nitrogen and oxygen atoms in total. The van der Waals surface area contributed by atoms with Gasteiger partial charge in [0.05, 0.1) is 6.54 Å². The molecule has 0 saturated heterocycles. The van der Waals surface area contributed by atoms with Gasteiger partial charge in [0.2, 0.25) is 11.8 Å². The van der Waals surface area contributed by atoms with Crippen molar-refractivity contribution in [2.24, 2.45) is 10.9 Å². The Hall–Kier alpha value is -1.06. The van der Waals surface area contributed by atoms with Crippen molar-refractivity contribution in [3.05, 3.63) is 0 Å². The van der Waals surface area contributed by atoms with Crippen molar-refractivity contribution in [1.82, 2.24) is 5.32 Å². The summed E-state index contributed by atoms with van der Waals surface area (Å²) in [5, 5.41) is 2.88. The highest BCUT2D eigenvalue weighted by molar-refractivity contribution is 5.87. The number of nitrogens with zero attached hydrogens (tertiary/aromatic N) is 1. The van der Waals surface area contributed by atoms with Gasteiger partial charge in [0, 0.05) is 6.92 Å². The van der Waals surface area contributed by atoms with Crippen molar-refractivity contribution >= 4 is 11.8 Å². The largest absolute Gasteiger partial charge is 0.478 e. The first-order chi connectivity index (χ1) is 6.65. The average Bonchev–Trinajstić information content (AvgIpc) is 2.65. The molecule has 0 radical (unpaired) electrons. The van der Waals surface area contributed by atoms with Crippen LogP contribution in [0.4, 0.5) is 0 Å². The standard InChI is InChI=1S/C10H18N2O2/c1-4-7(2)9(12-8(3)13)10-11-5-6-14-10/h7,9H,4-6H2,1-3H3,(H,12,13)/t7-,9-/m0/s1. The van der Waals surface area contributed by atoms with Gasteiger partial charge in [0.15, 0.2) is 0 Å². The third kappa shape index (κ3) is 2.72. The van der Waals surface area contributed by atoms with Gasteiger partial charge in [0.25, 0.3) is 0 Å². The van der Waals surface area contributed by atoms with Gasteiger partial charge >= 0.3 is 0 Å². The predicted molar refractivity (Wildman–Crippen MR) is 55.3 cm³/mol. The lowest BCUT2D eigenvalue weighted by molar-refractivity contribution is -0.119. The van der Waals surface area contributed by atoms with E-state index in [1.165, 1.54) is 6.92 Å². The van der Waals surface area contributed by atoms with E-state index in [9.17, 15) is 4.79 Å². The van der Waals surface area contributed by atoms with E-state index in [2.05, 4.69) is 24.2 Å². The van der Waals surface area contributed by atoms with Crippen LogP contribution in [0, 0.1) is 5.92 Å². The molecule has 80 valence electrons. The lowest BCUT2D eigenvalue weighted by atomic mass is 9.99. The summed E-state index contributed by atoms with van der Waals surface area (Å²) in [5.41, 5.74) is 0. The highest BCUT2D eigenvalue weighted by Crippen LogP contribution is 2.12. The van der Waals surface area contributed by atoms with Gasteiger partial charge in [-0.15, -0.1) is 0 Å². The summed E-state index contributed by atoms with van der Waals surface area (Å²) >= 11 is 0. The second kappa shape index (κ2) is 4.98. The van der Waals surface area contributed by atoms with E-state index in [4.69, 9.17) is 4.74 Å². The molecule has 1 heterocycles. The van der Waals surface area contributed by atoms with Crippen LogP contribution in [0.1, 0.15) is 27.2 Å². The van der Waals surface area contributed by atoms with Crippen LogP contribution in [0.2, 0.25) is 0 Å². The molecule has 0 spiro atoms. The van der Waals surface area contributed by atoms with Crippen molar-refractivity contribution < 1.29 is 9.53 Å². The van der Waals surface area contributed by atoms with E-state index < -0.39 is 0 Å². The van der Waals surface area contributed by atoms with Crippen LogP contribution < -0.4 is 5.32 Å². The smallest absolute Gasteiger partial charge is 0.217 e. The minimum Gasteiger partial charge on any atom is -0.478 e. The molecule has 1 aliphatic rings. The van der Waals surface area contributed by atoms with Crippen LogP contribution >= 0.6 is 0 Å². The Balaban J connectivity index is 2.65. The number of hydrogen-bond acceptors (Lipinski definition) is 3. The third-order valence-corrected chi connectivity index (χ3v) is 2.45. The SMILES string of the molecule is CC[C@H](C)[C@H](NC(C)=O)C1=NCCO1. The lowest BCUT2D eigenvalue weighted by Gasteiger charge is -2.22. The molecule has 1 rings (SSSR count). The highest BCUT2D eigenvalue weighted by Gasteiger charge is 2.26. The minimum absolute atomic E-state index is 0.0338. The van der Waals surface area contributed by atoms with Gasteiger partial charge < -0.3 is 10.1 Å². The number of amides is 1. The maximum Gasteiger partial charge on any atom is 0.217 e. The van der Waals surface area contributed by atoms with Gasteiger partial charge in [-0.05, 0) is 5.92 Å². The van der Waals surface area contributed by atoms with Crippen molar-refractivity contribution in [2.45, 2.75) is 33.2 Å². The number of hydrogen-bond donors (Lipinski definition) is 1. The Morgan fingerprint density at radius 3 is 2.86 bits per heavy atom. The number of aliphatic imine (C=N–C) groups is 1. The molecule has 0 bridgehead atoms. The number of rotatable bonds is 4. The average molecular weight is 198 g/mol. The van der Waals surface area contributed by atoms with Crippen molar-refractivity contribution in [2.75, 3.05) is 13.2 Å². The van der Waals surface area contributed by atoms with E-state index in [1.54, 1.807) is 0 Å². The number of carbonyl (C=O) groups excluding carboxylic acids is 1. The van der Waals surface area contributed by atoms with Gasteiger partial charge in [-0.2, -0.15) is 0 Å². The topological polar surface area (TPSA) is 50.7 Å². The molecule has 0 unspecified atom stereocenters. The summed E-state index contributed by atoms with van der Waals surface area (Å²) in [5.74, 6) is 1.01. The zero-order chi connectivity index (χ0) is 10.6. The molecule has 0 aromatic rings. The third-order valence-electron chi connectivity index (χ3n) is 2.45. The Morgan fingerprint density at radius 1 is 1.71 bits per heavy atom. The fourth-order valence-electron chi connectivity index (χ4n) is 1.44. The molecule has 1 N–H and O–H groups in total. The lowest BCUT2D eigenvalue weighted by Crippen LogP contribution is -2.44. The number of ether oxygens (including phenoxy) is 1. The first-order valence-electron chi connectivity index (χ1n) is 5.09. The number of carbonyl (C=O) groups is 1. The second-order valence-corrected chi connectivity index (χ2v) is 3.63. The summed E-state index contributed by atoms with van der Waals surface area (Å²) in [4.78, 5) is 15.2. The summed E-state index contributed by atoms with van der Waals surface area (Å²) in [6.45, 7) is 7.05. The van der Waals surface area contributed by atoms with Crippen LogP contribution in [0.15, 0.2) is 4.99 Å². The van der Waals surface area contributed by atoms with E-state index in [-0.39, 0.29) is 11.9 Å². The van der Waals surface area contributed by atoms with Crippen molar-refractivity contribution in [1.29, 1.82) is 0 Å². The highest BCUT2D eigenvalue weighted by atomic mass is 16.5. The number of nitrogens with one attached hydrogen (secondary N) is 1. The Labute approximate surface area is 84.7 Å². The fourth-order valence-corrected chi connectivity index (χ4v) is 1.44. The molecule has 0 aromatic carbocycles. The zero-order valence-electron chi connectivity index (χ0n) is 9.04. The molecule has 2 atom stereocenters. The van der Waals surface area contributed by atoms with Crippen LogP contribution in [-0.4, -0.2) is 31.0 Å². The molecule has 1 aliphatic heterocycles. The van der Waals surface area contributed by atoms with E-state index >= 15 is 0 Å². The van der Waals surface area contributed by atoms with Gasteiger partial charge in [-0.1, -0.05) is 20.3 Å². The quantitative estimate of drug-likeness (QED) is 0.731. The summed E-state index contributed by atoms with van der Waals surface area (Å²) in [6.07, 6.45) is 0.993. The second-order valence-electron chi connectivity index (χ2n) is 3.63. The minimum atomic E-state index is -0.0556.